The molecule has 1 amide bonds. The Morgan fingerprint density at radius 2 is 2.23 bits per heavy atom. The van der Waals surface area contributed by atoms with Crippen LogP contribution in [-0.4, -0.2) is 52.7 Å². The van der Waals surface area contributed by atoms with Crippen LogP contribution in [0.4, 0.5) is 0 Å². The van der Waals surface area contributed by atoms with E-state index in [9.17, 15) is 4.79 Å². The Morgan fingerprint density at radius 3 is 2.95 bits per heavy atom. The second-order valence-electron chi connectivity index (χ2n) is 5.94. The van der Waals surface area contributed by atoms with Crippen LogP contribution >= 0.6 is 0 Å². The molecule has 1 aliphatic rings. The summed E-state index contributed by atoms with van der Waals surface area (Å²) in [5, 5.41) is 2.68. The maximum absolute atomic E-state index is 12.0. The average molecular weight is 302 g/mol. The smallest absolute Gasteiger partial charge is 0.253 e. The lowest BCUT2D eigenvalue weighted by Gasteiger charge is -2.38. The molecule has 1 aliphatic heterocycles. The summed E-state index contributed by atoms with van der Waals surface area (Å²) in [6, 6.07) is 8.11. The van der Waals surface area contributed by atoms with E-state index in [1.165, 1.54) is 0 Å². The Bertz CT molecular complexity index is 697. The van der Waals surface area contributed by atoms with Gasteiger partial charge >= 0.3 is 0 Å². The van der Waals surface area contributed by atoms with Crippen LogP contribution < -0.4 is 5.32 Å². The molecule has 6 nitrogen and oxygen atoms in total. The summed E-state index contributed by atoms with van der Waals surface area (Å²) in [5.41, 5.74) is 1.33. The molecule has 22 heavy (non-hydrogen) atoms. The van der Waals surface area contributed by atoms with Crippen LogP contribution in [0.15, 0.2) is 24.3 Å². The second-order valence-corrected chi connectivity index (χ2v) is 5.94. The first-order valence-corrected chi connectivity index (χ1v) is 7.52. The summed E-state index contributed by atoms with van der Waals surface area (Å²) in [6.07, 6.45) is 0. The van der Waals surface area contributed by atoms with Gasteiger partial charge in [0.1, 0.15) is 5.82 Å². The van der Waals surface area contributed by atoms with Crippen LogP contribution in [-0.2, 0) is 23.1 Å². The fourth-order valence-corrected chi connectivity index (χ4v) is 3.02. The van der Waals surface area contributed by atoms with E-state index < -0.39 is 5.60 Å². The van der Waals surface area contributed by atoms with Gasteiger partial charge in [-0.2, -0.15) is 0 Å². The SMILES string of the molecule is CNC(=O)[C@@]1(C)CN(Cc2nc3ccccc3n2C)CCO1. The quantitative estimate of drug-likeness (QED) is 0.915. The number of benzene rings is 1. The first-order valence-electron chi connectivity index (χ1n) is 7.52. The molecule has 0 bridgehead atoms. The van der Waals surface area contributed by atoms with Gasteiger partial charge in [-0.05, 0) is 19.1 Å². The fourth-order valence-electron chi connectivity index (χ4n) is 3.02. The zero-order chi connectivity index (χ0) is 15.7. The van der Waals surface area contributed by atoms with Gasteiger partial charge in [-0.15, -0.1) is 0 Å². The highest BCUT2D eigenvalue weighted by Crippen LogP contribution is 2.21. The number of ether oxygens (including phenoxy) is 1. The number of fused-ring (bicyclic) bond motifs is 1. The molecule has 3 rings (SSSR count). The zero-order valence-electron chi connectivity index (χ0n) is 13.3. The van der Waals surface area contributed by atoms with E-state index >= 15 is 0 Å². The van der Waals surface area contributed by atoms with E-state index in [2.05, 4.69) is 20.9 Å². The summed E-state index contributed by atoms with van der Waals surface area (Å²) < 4.78 is 7.81. The molecule has 1 saturated heterocycles. The third kappa shape index (κ3) is 2.60. The molecule has 1 aromatic carbocycles. The number of rotatable bonds is 3. The minimum atomic E-state index is -0.794. The molecule has 0 radical (unpaired) electrons. The summed E-state index contributed by atoms with van der Waals surface area (Å²) in [7, 11) is 3.67. The Balaban J connectivity index is 1.80. The monoisotopic (exact) mass is 302 g/mol. The van der Waals surface area contributed by atoms with Crippen molar-refractivity contribution in [3.8, 4) is 0 Å². The minimum Gasteiger partial charge on any atom is -0.363 e. The molecule has 2 heterocycles. The van der Waals surface area contributed by atoms with E-state index in [1.807, 2.05) is 32.2 Å². The molecule has 1 aromatic heterocycles. The van der Waals surface area contributed by atoms with Crippen LogP contribution in [0.2, 0.25) is 0 Å². The Kier molecular flexibility index (Phi) is 3.88. The molecular formula is C16H22N4O2. The molecule has 0 spiro atoms. The van der Waals surface area contributed by atoms with Crippen LogP contribution in [0, 0.1) is 0 Å². The third-order valence-electron chi connectivity index (χ3n) is 4.31. The third-order valence-corrected chi connectivity index (χ3v) is 4.31. The largest absolute Gasteiger partial charge is 0.363 e. The van der Waals surface area contributed by atoms with E-state index in [4.69, 9.17) is 9.72 Å². The molecule has 6 heteroatoms. The van der Waals surface area contributed by atoms with Gasteiger partial charge in [0.05, 0.1) is 24.2 Å². The number of amides is 1. The molecule has 2 aromatic rings. The molecule has 118 valence electrons. The summed E-state index contributed by atoms with van der Waals surface area (Å²) in [5.74, 6) is 0.921. The van der Waals surface area contributed by atoms with Crippen LogP contribution in [0.25, 0.3) is 11.0 Å². The number of hydrogen-bond acceptors (Lipinski definition) is 4. The molecule has 0 aliphatic carbocycles. The summed E-state index contributed by atoms with van der Waals surface area (Å²) in [6.45, 7) is 4.47. The second kappa shape index (κ2) is 5.70. The van der Waals surface area contributed by atoms with Crippen molar-refractivity contribution in [1.82, 2.24) is 19.8 Å². The number of imidazole rings is 1. The van der Waals surface area contributed by atoms with Gasteiger partial charge in [-0.1, -0.05) is 12.1 Å². The number of para-hydroxylation sites is 2. The maximum atomic E-state index is 12.0. The predicted octanol–water partition coefficient (Wildman–Crippen LogP) is 0.910. The van der Waals surface area contributed by atoms with Crippen molar-refractivity contribution in [3.05, 3.63) is 30.1 Å². The molecule has 0 saturated carbocycles. The van der Waals surface area contributed by atoms with Gasteiger partial charge in [0.2, 0.25) is 0 Å². The number of aryl methyl sites for hydroxylation is 1. The van der Waals surface area contributed by atoms with Gasteiger partial charge in [0, 0.05) is 27.2 Å². The Morgan fingerprint density at radius 1 is 1.45 bits per heavy atom. The van der Waals surface area contributed by atoms with E-state index in [0.717, 1.165) is 23.4 Å². The molecule has 1 N–H and O–H groups in total. The molecule has 0 unspecified atom stereocenters. The van der Waals surface area contributed by atoms with Crippen molar-refractivity contribution in [2.75, 3.05) is 26.7 Å². The highest BCUT2D eigenvalue weighted by Gasteiger charge is 2.38. The maximum Gasteiger partial charge on any atom is 0.253 e. The van der Waals surface area contributed by atoms with Crippen LogP contribution in [0.3, 0.4) is 0 Å². The van der Waals surface area contributed by atoms with Crippen LogP contribution in [0.5, 0.6) is 0 Å². The van der Waals surface area contributed by atoms with Crippen molar-refractivity contribution < 1.29 is 9.53 Å². The first kappa shape index (κ1) is 15.0. The van der Waals surface area contributed by atoms with Gasteiger partial charge in [-0.3, -0.25) is 9.69 Å². The normalized spacial score (nSPS) is 22.9. The summed E-state index contributed by atoms with van der Waals surface area (Å²) >= 11 is 0. The van der Waals surface area contributed by atoms with E-state index in [-0.39, 0.29) is 5.91 Å². The number of nitrogens with one attached hydrogen (secondary N) is 1. The average Bonchev–Trinajstić information content (AvgIpc) is 2.83. The molecule has 1 atom stereocenters. The highest BCUT2D eigenvalue weighted by molar-refractivity contribution is 5.84. The van der Waals surface area contributed by atoms with Gasteiger partial charge in [0.15, 0.2) is 5.60 Å². The zero-order valence-corrected chi connectivity index (χ0v) is 13.3. The van der Waals surface area contributed by atoms with E-state index in [1.54, 1.807) is 7.05 Å². The number of aromatic nitrogens is 2. The molecule has 1 fully saturated rings. The lowest BCUT2D eigenvalue weighted by atomic mass is 10.0. The minimum absolute atomic E-state index is 0.0813. The van der Waals surface area contributed by atoms with Crippen molar-refractivity contribution in [2.24, 2.45) is 7.05 Å². The number of likely N-dealkylation sites (N-methyl/N-ethyl adjacent to an activating group) is 1. The highest BCUT2D eigenvalue weighted by atomic mass is 16.5. The standard InChI is InChI=1S/C16H22N4O2/c1-16(15(21)17-2)11-20(8-9-22-16)10-14-18-12-6-4-5-7-13(12)19(14)3/h4-7H,8-11H2,1-3H3,(H,17,21)/t16-/m1/s1. The molecular weight excluding hydrogens is 280 g/mol. The van der Waals surface area contributed by atoms with Crippen molar-refractivity contribution in [1.29, 1.82) is 0 Å². The lowest BCUT2D eigenvalue weighted by molar-refractivity contribution is -0.156. The lowest BCUT2D eigenvalue weighted by Crippen LogP contribution is -2.57. The Labute approximate surface area is 130 Å². The summed E-state index contributed by atoms with van der Waals surface area (Å²) in [4.78, 5) is 18.9. The first-order chi connectivity index (χ1) is 10.5. The number of hydrogen-bond donors (Lipinski definition) is 1. The Hall–Kier alpha value is -1.92. The number of carbonyl (C=O) groups excluding carboxylic acids is 1. The van der Waals surface area contributed by atoms with Gasteiger partial charge < -0.3 is 14.6 Å². The van der Waals surface area contributed by atoms with Crippen molar-refractivity contribution in [3.63, 3.8) is 0 Å². The van der Waals surface area contributed by atoms with Crippen molar-refractivity contribution in [2.45, 2.75) is 19.1 Å². The number of morpholine rings is 1. The van der Waals surface area contributed by atoms with Crippen molar-refractivity contribution >= 4 is 16.9 Å². The number of nitrogens with zero attached hydrogens (tertiary/aromatic N) is 3. The van der Waals surface area contributed by atoms with Gasteiger partial charge in [0.25, 0.3) is 5.91 Å². The number of carbonyl (C=O) groups is 1. The predicted molar refractivity (Wildman–Crippen MR) is 84.4 cm³/mol. The fraction of sp³-hybridized carbons (Fsp3) is 0.500. The van der Waals surface area contributed by atoms with E-state index in [0.29, 0.717) is 19.7 Å². The van der Waals surface area contributed by atoms with Gasteiger partial charge in [-0.25, -0.2) is 4.98 Å². The topological polar surface area (TPSA) is 59.4 Å². The van der Waals surface area contributed by atoms with Crippen LogP contribution in [0.1, 0.15) is 12.7 Å².